The molecule has 0 aliphatic heterocycles. The maximum absolute atomic E-state index is 11.7. The molecule has 4 N–H and O–H groups in total. The van der Waals surface area contributed by atoms with Crippen LogP contribution in [0.3, 0.4) is 0 Å². The summed E-state index contributed by atoms with van der Waals surface area (Å²) in [5.74, 6) is -0.251. The Hall–Kier alpha value is -1.80. The number of nitrogens with two attached hydrogens (primary N) is 1. The molecule has 1 aromatic carbocycles. The van der Waals surface area contributed by atoms with Crippen molar-refractivity contribution >= 4 is 27.4 Å². The van der Waals surface area contributed by atoms with Crippen LogP contribution in [0.1, 0.15) is 19.8 Å². The van der Waals surface area contributed by atoms with Gasteiger partial charge in [-0.05, 0) is 38.6 Å². The normalized spacial score (nSPS) is 11.1. The zero-order chi connectivity index (χ0) is 15.9. The van der Waals surface area contributed by atoms with E-state index in [9.17, 15) is 13.2 Å². The summed E-state index contributed by atoms with van der Waals surface area (Å²) in [7, 11) is -2.16. The number of esters is 1. The molecule has 7 nitrogen and oxygen atoms in total. The number of rotatable bonds is 8. The third-order valence-electron chi connectivity index (χ3n) is 2.78. The highest BCUT2D eigenvalue weighted by molar-refractivity contribution is 7.89. The lowest BCUT2D eigenvalue weighted by atomic mass is 10.2. The van der Waals surface area contributed by atoms with Gasteiger partial charge >= 0.3 is 5.97 Å². The van der Waals surface area contributed by atoms with Gasteiger partial charge in [0.2, 0.25) is 10.0 Å². The van der Waals surface area contributed by atoms with E-state index >= 15 is 0 Å². The maximum Gasteiger partial charge on any atom is 0.305 e. The van der Waals surface area contributed by atoms with E-state index in [1.54, 1.807) is 6.92 Å². The first-order valence-corrected chi connectivity index (χ1v) is 8.11. The summed E-state index contributed by atoms with van der Waals surface area (Å²) in [4.78, 5) is 11.3. The highest BCUT2D eigenvalue weighted by atomic mass is 32.2. The Balaban J connectivity index is 2.63. The topological polar surface area (TPSA) is 111 Å². The van der Waals surface area contributed by atoms with E-state index in [0.717, 1.165) is 0 Å². The van der Waals surface area contributed by atoms with Crippen LogP contribution in [0.25, 0.3) is 0 Å². The van der Waals surface area contributed by atoms with Gasteiger partial charge in [0, 0.05) is 13.0 Å². The molecule has 0 spiro atoms. The van der Waals surface area contributed by atoms with Gasteiger partial charge in [-0.2, -0.15) is 0 Å². The van der Waals surface area contributed by atoms with Crippen LogP contribution in [0.2, 0.25) is 0 Å². The number of hydrogen-bond acceptors (Lipinski definition) is 6. The fourth-order valence-electron chi connectivity index (χ4n) is 1.66. The molecule has 0 fully saturated rings. The summed E-state index contributed by atoms with van der Waals surface area (Å²) in [6, 6.07) is 4.42. The second-order valence-electron chi connectivity index (χ2n) is 4.29. The molecular weight excluding hydrogens is 294 g/mol. The molecule has 0 unspecified atom stereocenters. The fourth-order valence-corrected chi connectivity index (χ4v) is 2.42. The van der Waals surface area contributed by atoms with Gasteiger partial charge in [-0.15, -0.1) is 0 Å². The third-order valence-corrected chi connectivity index (χ3v) is 4.19. The largest absolute Gasteiger partial charge is 0.466 e. The van der Waals surface area contributed by atoms with E-state index in [1.807, 2.05) is 0 Å². The number of nitrogens with one attached hydrogen (secondary N) is 2. The number of carbonyl (C=O) groups excluding carboxylic acids is 1. The summed E-state index contributed by atoms with van der Waals surface area (Å²) < 4.78 is 30.5. The Morgan fingerprint density at radius 3 is 2.71 bits per heavy atom. The number of sulfonamides is 1. The molecule has 0 bridgehead atoms. The monoisotopic (exact) mass is 315 g/mol. The first-order valence-electron chi connectivity index (χ1n) is 6.63. The first-order chi connectivity index (χ1) is 9.90. The van der Waals surface area contributed by atoms with Crippen LogP contribution in [-0.4, -0.2) is 34.6 Å². The minimum Gasteiger partial charge on any atom is -0.466 e. The molecule has 0 aliphatic rings. The lowest BCUT2D eigenvalue weighted by Gasteiger charge is -2.11. The number of anilines is 2. The first kappa shape index (κ1) is 17.3. The average Bonchev–Trinajstić information content (AvgIpc) is 2.45. The molecular formula is C13H21N3O4S. The fraction of sp³-hybridized carbons (Fsp3) is 0.462. The summed E-state index contributed by atoms with van der Waals surface area (Å²) in [5, 5.41) is 3.02. The second-order valence-corrected chi connectivity index (χ2v) is 6.18. The van der Waals surface area contributed by atoms with Gasteiger partial charge in [-0.1, -0.05) is 0 Å². The summed E-state index contributed by atoms with van der Waals surface area (Å²) in [6.07, 6.45) is 0.872. The molecule has 8 heteroatoms. The molecule has 0 aliphatic carbocycles. The van der Waals surface area contributed by atoms with Gasteiger partial charge < -0.3 is 15.8 Å². The molecule has 0 amide bonds. The molecule has 0 radical (unpaired) electrons. The standard InChI is InChI=1S/C13H21N3O4S/c1-3-20-13(17)5-4-8-16-12-9-10(6-7-11(12)14)21(18,19)15-2/h6-7,9,15-16H,3-5,8,14H2,1-2H3. The van der Waals surface area contributed by atoms with Gasteiger partial charge in [0.05, 0.1) is 22.9 Å². The predicted octanol–water partition coefficient (Wildman–Crippen LogP) is 0.932. The quantitative estimate of drug-likeness (QED) is 0.374. The molecule has 0 aromatic heterocycles. The van der Waals surface area contributed by atoms with Crippen molar-refractivity contribution in [1.29, 1.82) is 0 Å². The molecule has 0 heterocycles. The van der Waals surface area contributed by atoms with Gasteiger partial charge in [-0.25, -0.2) is 13.1 Å². The van der Waals surface area contributed by atoms with E-state index in [1.165, 1.54) is 25.2 Å². The van der Waals surface area contributed by atoms with Crippen LogP contribution in [0.5, 0.6) is 0 Å². The Labute approximate surface area is 124 Å². The van der Waals surface area contributed by atoms with E-state index in [-0.39, 0.29) is 10.9 Å². The second kappa shape index (κ2) is 7.84. The SMILES string of the molecule is CCOC(=O)CCCNc1cc(S(=O)(=O)NC)ccc1N. The van der Waals surface area contributed by atoms with E-state index in [2.05, 4.69) is 10.0 Å². The van der Waals surface area contributed by atoms with Crippen LogP contribution in [-0.2, 0) is 19.6 Å². The van der Waals surface area contributed by atoms with E-state index in [0.29, 0.717) is 37.4 Å². The van der Waals surface area contributed by atoms with Crippen molar-refractivity contribution in [3.05, 3.63) is 18.2 Å². The van der Waals surface area contributed by atoms with Crippen molar-refractivity contribution in [3.63, 3.8) is 0 Å². The van der Waals surface area contributed by atoms with Crippen molar-refractivity contribution in [2.45, 2.75) is 24.7 Å². The minimum absolute atomic E-state index is 0.132. The lowest BCUT2D eigenvalue weighted by molar-refractivity contribution is -0.143. The number of hydrogen-bond donors (Lipinski definition) is 3. The molecule has 1 rings (SSSR count). The number of ether oxygens (including phenoxy) is 1. The Morgan fingerprint density at radius 1 is 1.38 bits per heavy atom. The summed E-state index contributed by atoms with van der Waals surface area (Å²) in [6.45, 7) is 2.61. The van der Waals surface area contributed by atoms with Crippen molar-refractivity contribution in [3.8, 4) is 0 Å². The Kier molecular flexibility index (Phi) is 6.44. The van der Waals surface area contributed by atoms with Gasteiger partial charge in [0.25, 0.3) is 0 Å². The van der Waals surface area contributed by atoms with Gasteiger partial charge in [0.1, 0.15) is 0 Å². The molecule has 0 atom stereocenters. The lowest BCUT2D eigenvalue weighted by Crippen LogP contribution is -2.19. The van der Waals surface area contributed by atoms with Crippen LogP contribution in [0.4, 0.5) is 11.4 Å². The molecule has 1 aromatic rings. The Bertz CT molecular complexity index is 587. The van der Waals surface area contributed by atoms with Crippen LogP contribution in [0, 0.1) is 0 Å². The Morgan fingerprint density at radius 2 is 2.10 bits per heavy atom. The van der Waals surface area contributed by atoms with Crippen molar-refractivity contribution in [2.24, 2.45) is 0 Å². The average molecular weight is 315 g/mol. The highest BCUT2D eigenvalue weighted by Gasteiger charge is 2.13. The van der Waals surface area contributed by atoms with Crippen molar-refractivity contribution in [2.75, 3.05) is 31.2 Å². The third kappa shape index (κ3) is 5.24. The van der Waals surface area contributed by atoms with Gasteiger partial charge in [-0.3, -0.25) is 4.79 Å². The summed E-state index contributed by atoms with van der Waals surface area (Å²) >= 11 is 0. The van der Waals surface area contributed by atoms with Gasteiger partial charge in [0.15, 0.2) is 0 Å². The molecule has 0 saturated carbocycles. The predicted molar refractivity (Wildman–Crippen MR) is 81.5 cm³/mol. The zero-order valence-corrected chi connectivity index (χ0v) is 13.0. The maximum atomic E-state index is 11.7. The number of carbonyl (C=O) groups is 1. The van der Waals surface area contributed by atoms with Crippen molar-refractivity contribution in [1.82, 2.24) is 4.72 Å². The molecule has 21 heavy (non-hydrogen) atoms. The summed E-state index contributed by atoms with van der Waals surface area (Å²) in [5.41, 5.74) is 6.76. The van der Waals surface area contributed by atoms with Crippen LogP contribution < -0.4 is 15.8 Å². The number of benzene rings is 1. The van der Waals surface area contributed by atoms with E-state index < -0.39 is 10.0 Å². The van der Waals surface area contributed by atoms with Crippen LogP contribution in [0.15, 0.2) is 23.1 Å². The highest BCUT2D eigenvalue weighted by Crippen LogP contribution is 2.22. The number of nitrogen functional groups attached to an aromatic ring is 1. The zero-order valence-electron chi connectivity index (χ0n) is 12.2. The van der Waals surface area contributed by atoms with Crippen molar-refractivity contribution < 1.29 is 17.9 Å². The van der Waals surface area contributed by atoms with E-state index in [4.69, 9.17) is 10.5 Å². The smallest absolute Gasteiger partial charge is 0.305 e. The molecule has 0 saturated heterocycles. The molecule has 118 valence electrons. The minimum atomic E-state index is -3.51. The van der Waals surface area contributed by atoms with Crippen LogP contribution >= 0.6 is 0 Å².